The van der Waals surface area contributed by atoms with E-state index in [-0.39, 0.29) is 0 Å². The maximum absolute atomic E-state index is 5.58. The van der Waals surface area contributed by atoms with Gasteiger partial charge >= 0.3 is 0 Å². The van der Waals surface area contributed by atoms with Gasteiger partial charge in [-0.1, -0.05) is 0 Å². The predicted molar refractivity (Wildman–Crippen MR) is 53.5 cm³/mol. The summed E-state index contributed by atoms with van der Waals surface area (Å²) in [5.41, 5.74) is 7.58. The van der Waals surface area contributed by atoms with E-state index >= 15 is 0 Å². The van der Waals surface area contributed by atoms with E-state index < -0.39 is 0 Å². The fourth-order valence-electron chi connectivity index (χ4n) is 1.46. The van der Waals surface area contributed by atoms with Crippen LogP contribution >= 0.6 is 0 Å². The highest BCUT2D eigenvalue weighted by Crippen LogP contribution is 2.20. The Morgan fingerprint density at radius 1 is 1.57 bits per heavy atom. The molecular weight excluding hydrogens is 178 g/mol. The summed E-state index contributed by atoms with van der Waals surface area (Å²) in [7, 11) is 1.96. The summed E-state index contributed by atoms with van der Waals surface area (Å²) in [4.78, 5) is 4.41. The van der Waals surface area contributed by atoms with Crippen LogP contribution < -0.4 is 5.73 Å². The molecule has 2 N–H and O–H groups in total. The Bertz CT molecular complexity index is 428. The van der Waals surface area contributed by atoms with Gasteiger partial charge in [0.15, 0.2) is 11.6 Å². The Kier molecular flexibility index (Phi) is 2.13. The third kappa shape index (κ3) is 1.24. The third-order valence-electron chi connectivity index (χ3n) is 2.41. The van der Waals surface area contributed by atoms with E-state index in [1.54, 1.807) is 6.26 Å². The van der Waals surface area contributed by atoms with Crippen molar-refractivity contribution in [1.82, 2.24) is 9.55 Å². The zero-order chi connectivity index (χ0) is 10.1. The molecule has 14 heavy (non-hydrogen) atoms. The first kappa shape index (κ1) is 9.02. The maximum Gasteiger partial charge on any atom is 0.176 e. The molecule has 0 saturated carbocycles. The van der Waals surface area contributed by atoms with Gasteiger partial charge in [-0.25, -0.2) is 4.98 Å². The minimum absolute atomic E-state index is 0.459. The fourth-order valence-corrected chi connectivity index (χ4v) is 1.46. The number of aromatic nitrogens is 2. The summed E-state index contributed by atoms with van der Waals surface area (Å²) in [5.74, 6) is 1.60. The van der Waals surface area contributed by atoms with Crippen LogP contribution in [0.3, 0.4) is 0 Å². The van der Waals surface area contributed by atoms with Crippen molar-refractivity contribution in [3.05, 3.63) is 29.8 Å². The molecular formula is C10H13N3O. The van der Waals surface area contributed by atoms with Gasteiger partial charge in [0.2, 0.25) is 0 Å². The Morgan fingerprint density at radius 3 is 2.86 bits per heavy atom. The van der Waals surface area contributed by atoms with Gasteiger partial charge in [-0.3, -0.25) is 0 Å². The average Bonchev–Trinajstić information content (AvgIpc) is 2.78. The summed E-state index contributed by atoms with van der Waals surface area (Å²) in [6.07, 6.45) is 1.64. The zero-order valence-electron chi connectivity index (χ0n) is 8.32. The number of imidazole rings is 1. The van der Waals surface area contributed by atoms with Gasteiger partial charge in [0.25, 0.3) is 0 Å². The molecule has 2 aromatic heterocycles. The van der Waals surface area contributed by atoms with Gasteiger partial charge in [-0.2, -0.15) is 0 Å². The van der Waals surface area contributed by atoms with E-state index in [9.17, 15) is 0 Å². The molecule has 0 atom stereocenters. The van der Waals surface area contributed by atoms with Crippen molar-refractivity contribution >= 4 is 0 Å². The minimum atomic E-state index is 0.459. The van der Waals surface area contributed by atoms with Crippen LogP contribution in [0.25, 0.3) is 11.6 Å². The maximum atomic E-state index is 5.58. The molecule has 0 unspecified atom stereocenters. The van der Waals surface area contributed by atoms with Crippen molar-refractivity contribution in [3.63, 3.8) is 0 Å². The van der Waals surface area contributed by atoms with Crippen LogP contribution in [0.15, 0.2) is 22.8 Å². The second-order valence-electron chi connectivity index (χ2n) is 3.21. The number of hydrogen-bond acceptors (Lipinski definition) is 3. The van der Waals surface area contributed by atoms with Crippen molar-refractivity contribution in [2.24, 2.45) is 12.8 Å². The zero-order valence-corrected chi connectivity index (χ0v) is 8.32. The predicted octanol–water partition coefficient (Wildman–Crippen LogP) is 1.45. The van der Waals surface area contributed by atoms with Gasteiger partial charge < -0.3 is 14.7 Å². The lowest BCUT2D eigenvalue weighted by atomic mass is 10.3. The fraction of sp³-hybridized carbons (Fsp3) is 0.300. The molecule has 0 aliphatic carbocycles. The Labute approximate surface area is 82.4 Å². The van der Waals surface area contributed by atoms with Crippen molar-refractivity contribution < 1.29 is 4.42 Å². The Morgan fingerprint density at radius 2 is 2.36 bits per heavy atom. The van der Waals surface area contributed by atoms with Crippen LogP contribution in [0.5, 0.6) is 0 Å². The summed E-state index contributed by atoms with van der Waals surface area (Å²) < 4.78 is 7.28. The van der Waals surface area contributed by atoms with E-state index in [1.807, 2.05) is 30.7 Å². The van der Waals surface area contributed by atoms with Crippen LogP contribution in [0, 0.1) is 6.92 Å². The van der Waals surface area contributed by atoms with E-state index in [0.717, 1.165) is 23.0 Å². The molecule has 0 spiro atoms. The van der Waals surface area contributed by atoms with Gasteiger partial charge in [-0.05, 0) is 19.1 Å². The van der Waals surface area contributed by atoms with Crippen LogP contribution in [0.1, 0.15) is 11.4 Å². The monoisotopic (exact) mass is 191 g/mol. The highest BCUT2D eigenvalue weighted by molar-refractivity contribution is 5.49. The molecule has 0 radical (unpaired) electrons. The first-order chi connectivity index (χ1) is 6.74. The van der Waals surface area contributed by atoms with Gasteiger partial charge in [0.05, 0.1) is 12.0 Å². The molecule has 0 amide bonds. The van der Waals surface area contributed by atoms with Gasteiger partial charge in [0, 0.05) is 19.3 Å². The molecule has 2 aromatic rings. The SMILES string of the molecule is Cc1c(CN)nc(-c2ccco2)n1C. The third-order valence-corrected chi connectivity index (χ3v) is 2.41. The Balaban J connectivity index is 2.55. The molecule has 0 aromatic carbocycles. The summed E-state index contributed by atoms with van der Waals surface area (Å²) >= 11 is 0. The lowest BCUT2D eigenvalue weighted by Gasteiger charge is -1.98. The molecule has 0 aliphatic heterocycles. The molecule has 4 nitrogen and oxygen atoms in total. The number of nitrogens with zero attached hydrogens (tertiary/aromatic N) is 2. The Hall–Kier alpha value is -1.55. The molecule has 2 heterocycles. The molecule has 0 bridgehead atoms. The topological polar surface area (TPSA) is 57.0 Å². The van der Waals surface area contributed by atoms with Crippen molar-refractivity contribution in [1.29, 1.82) is 0 Å². The molecule has 4 heteroatoms. The van der Waals surface area contributed by atoms with Crippen molar-refractivity contribution in [3.8, 4) is 11.6 Å². The number of furan rings is 1. The smallest absolute Gasteiger partial charge is 0.176 e. The lowest BCUT2D eigenvalue weighted by molar-refractivity contribution is 0.573. The quantitative estimate of drug-likeness (QED) is 0.781. The first-order valence-electron chi connectivity index (χ1n) is 4.50. The normalized spacial score (nSPS) is 10.8. The number of nitrogens with two attached hydrogens (primary N) is 1. The van der Waals surface area contributed by atoms with Crippen LogP contribution in [-0.2, 0) is 13.6 Å². The largest absolute Gasteiger partial charge is 0.461 e. The molecule has 0 saturated heterocycles. The van der Waals surface area contributed by atoms with E-state index in [1.165, 1.54) is 0 Å². The highest BCUT2D eigenvalue weighted by atomic mass is 16.3. The van der Waals surface area contributed by atoms with Crippen molar-refractivity contribution in [2.75, 3.05) is 0 Å². The highest BCUT2D eigenvalue weighted by Gasteiger charge is 2.12. The van der Waals surface area contributed by atoms with Crippen LogP contribution in [0.2, 0.25) is 0 Å². The van der Waals surface area contributed by atoms with Gasteiger partial charge in [-0.15, -0.1) is 0 Å². The number of hydrogen-bond donors (Lipinski definition) is 1. The molecule has 74 valence electrons. The van der Waals surface area contributed by atoms with E-state index in [0.29, 0.717) is 6.54 Å². The average molecular weight is 191 g/mol. The summed E-state index contributed by atoms with van der Waals surface area (Å²) in [5, 5.41) is 0. The molecule has 2 rings (SSSR count). The van der Waals surface area contributed by atoms with Gasteiger partial charge in [0.1, 0.15) is 0 Å². The van der Waals surface area contributed by atoms with E-state index in [2.05, 4.69) is 4.98 Å². The second kappa shape index (κ2) is 3.31. The second-order valence-corrected chi connectivity index (χ2v) is 3.21. The van der Waals surface area contributed by atoms with E-state index in [4.69, 9.17) is 10.2 Å². The summed E-state index contributed by atoms with van der Waals surface area (Å²) in [6, 6.07) is 3.74. The van der Waals surface area contributed by atoms with Crippen LogP contribution in [-0.4, -0.2) is 9.55 Å². The minimum Gasteiger partial charge on any atom is -0.461 e. The number of rotatable bonds is 2. The lowest BCUT2D eigenvalue weighted by Crippen LogP contribution is -1.99. The first-order valence-corrected chi connectivity index (χ1v) is 4.50. The molecule has 0 aliphatic rings. The summed E-state index contributed by atoms with van der Waals surface area (Å²) in [6.45, 7) is 2.46. The van der Waals surface area contributed by atoms with Crippen LogP contribution in [0.4, 0.5) is 0 Å². The standard InChI is InChI=1S/C10H13N3O/c1-7-8(6-11)12-10(13(7)2)9-4-3-5-14-9/h3-5H,6,11H2,1-2H3. The molecule has 0 fully saturated rings. The van der Waals surface area contributed by atoms with Crippen molar-refractivity contribution in [2.45, 2.75) is 13.5 Å².